The summed E-state index contributed by atoms with van der Waals surface area (Å²) in [6.07, 6.45) is -14.9. The van der Waals surface area contributed by atoms with Crippen molar-refractivity contribution in [1.82, 2.24) is 7.94 Å². The van der Waals surface area contributed by atoms with E-state index < -0.39 is 67.0 Å². The molecule has 0 amide bonds. The van der Waals surface area contributed by atoms with E-state index in [0.717, 1.165) is 20.1 Å². The lowest BCUT2D eigenvalue weighted by molar-refractivity contribution is -0.144. The number of rotatable bonds is 6. The highest BCUT2D eigenvalue weighted by molar-refractivity contribution is 7.92. The van der Waals surface area contributed by atoms with Gasteiger partial charge in [0.2, 0.25) is 0 Å². The molecule has 22 heteroatoms. The summed E-state index contributed by atoms with van der Waals surface area (Å²) in [5, 5.41) is 0. The summed E-state index contributed by atoms with van der Waals surface area (Å²) in [4.78, 5) is -0.0605. The topological polar surface area (TPSA) is 78.1 Å². The van der Waals surface area contributed by atoms with Crippen molar-refractivity contribution in [3.8, 4) is 20.9 Å². The number of halogens is 12. The van der Waals surface area contributed by atoms with Gasteiger partial charge in [-0.05, 0) is 96.1 Å². The van der Waals surface area contributed by atoms with E-state index in [-0.39, 0.29) is 41.4 Å². The van der Waals surface area contributed by atoms with Gasteiger partial charge in [0.1, 0.15) is 8.42 Å². The van der Waals surface area contributed by atoms with Gasteiger partial charge in [0.05, 0.1) is 22.3 Å². The largest absolute Gasteiger partial charge is 0.416 e. The molecule has 0 aliphatic carbocycles. The van der Waals surface area contributed by atoms with Gasteiger partial charge in [0.15, 0.2) is 0 Å². The number of hydrogen-bond acceptors (Lipinski definition) is 6. The van der Waals surface area contributed by atoms with Crippen molar-refractivity contribution in [2.75, 3.05) is 0 Å². The first kappa shape index (κ1) is 40.6. The van der Waals surface area contributed by atoms with Crippen molar-refractivity contribution in [1.29, 1.82) is 0 Å². The summed E-state index contributed by atoms with van der Waals surface area (Å²) < 4.78 is 207. The van der Waals surface area contributed by atoms with Gasteiger partial charge in [-0.1, -0.05) is 0 Å². The van der Waals surface area contributed by atoms with Crippen LogP contribution in [0, 0.1) is 0 Å². The van der Waals surface area contributed by atoms with Gasteiger partial charge in [0.25, 0.3) is 20.0 Å². The molecule has 0 spiro atoms. The fourth-order valence-electron chi connectivity index (χ4n) is 4.59. The molecule has 0 aliphatic rings. The first-order valence-electron chi connectivity index (χ1n) is 14.3. The third kappa shape index (κ3) is 8.87. The van der Waals surface area contributed by atoms with Gasteiger partial charge in [-0.2, -0.15) is 69.5 Å². The Morgan fingerprint density at radius 1 is 0.407 bits per heavy atom. The number of thiophene rings is 2. The van der Waals surface area contributed by atoms with Crippen molar-refractivity contribution >= 4 is 42.7 Å². The maximum Gasteiger partial charge on any atom is 0.416 e. The molecular formula is C32H18F12N2O4S4. The lowest BCUT2D eigenvalue weighted by Gasteiger charge is -2.13. The van der Waals surface area contributed by atoms with E-state index in [9.17, 15) is 69.5 Å². The molecule has 0 unspecified atom stereocenters. The van der Waals surface area contributed by atoms with Crippen LogP contribution in [0.25, 0.3) is 20.9 Å². The van der Waals surface area contributed by atoms with E-state index in [0.29, 0.717) is 46.9 Å². The molecule has 0 radical (unpaired) electrons. The average Bonchev–Trinajstić information content (AvgIpc) is 3.91. The van der Waals surface area contributed by atoms with Crippen LogP contribution in [-0.2, 0) is 44.8 Å². The molecule has 4 heterocycles. The summed E-state index contributed by atoms with van der Waals surface area (Å²) in [6.45, 7) is 0. The molecule has 0 saturated heterocycles. The van der Waals surface area contributed by atoms with Crippen molar-refractivity contribution in [3.05, 3.63) is 132 Å². The summed E-state index contributed by atoms with van der Waals surface area (Å²) in [7, 11) is -7.94. The molecule has 2 aromatic carbocycles. The molecule has 6 nitrogen and oxygen atoms in total. The first-order valence-corrected chi connectivity index (χ1v) is 18.9. The quantitative estimate of drug-likeness (QED) is 0.156. The Morgan fingerprint density at radius 3 is 0.907 bits per heavy atom. The van der Waals surface area contributed by atoms with Crippen LogP contribution in [0.15, 0.2) is 118 Å². The molecule has 0 bridgehead atoms. The molecule has 288 valence electrons. The molecule has 0 N–H and O–H groups in total. The lowest BCUT2D eigenvalue weighted by atomic mass is 10.0. The van der Waals surface area contributed by atoms with Crippen molar-refractivity contribution in [2.45, 2.75) is 33.1 Å². The molecule has 0 atom stereocenters. The molecule has 4 aromatic heterocycles. The minimum Gasteiger partial charge on any atom is -0.248 e. The van der Waals surface area contributed by atoms with E-state index in [1.807, 2.05) is 0 Å². The minimum absolute atomic E-state index is 0.0224. The van der Waals surface area contributed by atoms with Crippen LogP contribution >= 0.6 is 22.7 Å². The lowest BCUT2D eigenvalue weighted by Crippen LogP contribution is -2.11. The summed E-state index contributed by atoms with van der Waals surface area (Å²) >= 11 is 1.17. The highest BCUT2D eigenvalue weighted by Crippen LogP contribution is 2.42. The van der Waals surface area contributed by atoms with Gasteiger partial charge in [0, 0.05) is 34.5 Å². The van der Waals surface area contributed by atoms with Crippen LogP contribution in [0.4, 0.5) is 52.7 Å². The van der Waals surface area contributed by atoms with Gasteiger partial charge in [-0.15, -0.1) is 22.7 Å². The Morgan fingerprint density at radius 2 is 0.667 bits per heavy atom. The third-order valence-corrected chi connectivity index (χ3v) is 13.6. The maximum atomic E-state index is 13.0. The number of nitrogens with zero attached hydrogens (tertiary/aromatic N) is 2. The van der Waals surface area contributed by atoms with Crippen LogP contribution in [0.1, 0.15) is 22.3 Å². The van der Waals surface area contributed by atoms with Crippen LogP contribution in [0.2, 0.25) is 0 Å². The van der Waals surface area contributed by atoms with Crippen molar-refractivity contribution in [2.24, 2.45) is 0 Å². The smallest absolute Gasteiger partial charge is 0.248 e. The van der Waals surface area contributed by atoms with E-state index in [1.54, 1.807) is 0 Å². The molecule has 54 heavy (non-hydrogen) atoms. The predicted octanol–water partition coefficient (Wildman–Crippen LogP) is 11.0. The first-order chi connectivity index (χ1) is 24.8. The molecular weight excluding hydrogens is 833 g/mol. The maximum absolute atomic E-state index is 13.0. The zero-order valence-electron chi connectivity index (χ0n) is 26.1. The molecule has 0 fully saturated rings. The Balaban J connectivity index is 0.000000208. The molecule has 6 aromatic rings. The Hall–Kier alpha value is -4.54. The second-order valence-corrected chi connectivity index (χ2v) is 17.2. The molecule has 6 rings (SSSR count). The fraction of sp³-hybridized carbons (Fsp3) is 0.125. The Kier molecular flexibility index (Phi) is 10.7. The van der Waals surface area contributed by atoms with Crippen molar-refractivity contribution in [3.63, 3.8) is 0 Å². The Labute approximate surface area is 305 Å². The monoisotopic (exact) mass is 850 g/mol. The number of benzene rings is 2. The minimum atomic E-state index is -4.98. The summed E-state index contributed by atoms with van der Waals surface area (Å²) in [5.74, 6) is 0. The van der Waals surface area contributed by atoms with E-state index in [1.165, 1.54) is 61.2 Å². The predicted molar refractivity (Wildman–Crippen MR) is 174 cm³/mol. The summed E-state index contributed by atoms with van der Waals surface area (Å²) in [6, 6.07) is 12.8. The van der Waals surface area contributed by atoms with Crippen LogP contribution in [-0.4, -0.2) is 24.8 Å². The fourth-order valence-corrected chi connectivity index (χ4v) is 9.75. The van der Waals surface area contributed by atoms with Gasteiger partial charge >= 0.3 is 24.7 Å². The average molecular weight is 851 g/mol. The van der Waals surface area contributed by atoms with Gasteiger partial charge < -0.3 is 0 Å². The van der Waals surface area contributed by atoms with Gasteiger partial charge in [-0.3, -0.25) is 0 Å². The SMILES string of the molecule is O=S(=O)(c1ccc(-c2cc(C(F)(F)F)cc(C(F)(F)F)c2)s1)n1cccc1.O=S(=O)(c1ccc(-c2cc(C(F)(F)F)cc(C(F)(F)F)c2)s1)n1cccc1. The number of alkyl halides is 12. The second kappa shape index (κ2) is 14.3. The van der Waals surface area contributed by atoms with Crippen LogP contribution < -0.4 is 0 Å². The number of aromatic nitrogens is 2. The van der Waals surface area contributed by atoms with E-state index >= 15 is 0 Å². The zero-order valence-corrected chi connectivity index (χ0v) is 29.4. The molecule has 0 aliphatic heterocycles. The number of hydrogen-bond donors (Lipinski definition) is 0. The normalized spacial score (nSPS) is 13.1. The van der Waals surface area contributed by atoms with Crippen LogP contribution in [0.5, 0.6) is 0 Å². The van der Waals surface area contributed by atoms with Crippen molar-refractivity contribution < 1.29 is 69.5 Å². The highest BCUT2D eigenvalue weighted by atomic mass is 32.3. The van der Waals surface area contributed by atoms with Gasteiger partial charge in [-0.25, -0.2) is 7.94 Å². The standard InChI is InChI=1S/2C16H9F6NO2S2/c2*17-15(18,19)11-7-10(8-12(9-11)16(20,21)22)13-3-4-14(26-13)27(24,25)23-5-1-2-6-23/h2*1-9H. The highest BCUT2D eigenvalue weighted by Gasteiger charge is 2.38. The van der Waals surface area contributed by atoms with Crippen LogP contribution in [0.3, 0.4) is 0 Å². The van der Waals surface area contributed by atoms with E-state index in [4.69, 9.17) is 0 Å². The molecule has 0 saturated carbocycles. The zero-order chi connectivity index (χ0) is 40.1. The Bertz CT molecular complexity index is 2240. The summed E-state index contributed by atoms with van der Waals surface area (Å²) in [5.41, 5.74) is -6.58. The second-order valence-electron chi connectivity index (χ2n) is 10.9. The van der Waals surface area contributed by atoms with E-state index in [2.05, 4.69) is 0 Å². The third-order valence-electron chi connectivity index (χ3n) is 7.12.